The number of rotatable bonds is 8. The van der Waals surface area contributed by atoms with Crippen molar-refractivity contribution in [1.29, 1.82) is 0 Å². The van der Waals surface area contributed by atoms with Crippen molar-refractivity contribution in [3.63, 3.8) is 0 Å². The first-order valence-electron chi connectivity index (χ1n) is 9.78. The predicted octanol–water partition coefficient (Wildman–Crippen LogP) is 3.97. The van der Waals surface area contributed by atoms with Crippen molar-refractivity contribution in [2.45, 2.75) is 15.8 Å². The van der Waals surface area contributed by atoms with Crippen LogP contribution in [0.5, 0.6) is 0 Å². The minimum Gasteiger partial charge on any atom is -0.325 e. The maximum Gasteiger partial charge on any atom is 0.234 e. The molecule has 1 heterocycles. The molecule has 4 aromatic rings. The number of anilines is 1. The molecule has 0 atom stereocenters. The first-order valence-corrected chi connectivity index (χ1v) is 12.4. The molecule has 32 heavy (non-hydrogen) atoms. The number of amides is 1. The van der Waals surface area contributed by atoms with Crippen LogP contribution in [0.1, 0.15) is 5.82 Å². The number of carbonyl (C=O) groups excluding carboxylic acids is 1. The highest BCUT2D eigenvalue weighted by Crippen LogP contribution is 2.25. The summed E-state index contributed by atoms with van der Waals surface area (Å²) in [6.45, 7) is 0. The molecule has 0 aliphatic heterocycles. The van der Waals surface area contributed by atoms with Crippen LogP contribution in [-0.4, -0.2) is 34.8 Å². The molecule has 0 fully saturated rings. The zero-order chi connectivity index (χ0) is 22.4. The summed E-state index contributed by atoms with van der Waals surface area (Å²) in [7, 11) is -3.61. The van der Waals surface area contributed by atoms with Gasteiger partial charge in [-0.1, -0.05) is 66.4 Å². The van der Waals surface area contributed by atoms with Crippen molar-refractivity contribution < 1.29 is 13.2 Å². The van der Waals surface area contributed by atoms with E-state index in [0.29, 0.717) is 10.8 Å². The lowest BCUT2D eigenvalue weighted by Gasteiger charge is -2.11. The van der Waals surface area contributed by atoms with Crippen LogP contribution in [0.2, 0.25) is 0 Å². The van der Waals surface area contributed by atoms with Crippen molar-refractivity contribution in [2.75, 3.05) is 11.1 Å². The average molecular weight is 465 g/mol. The van der Waals surface area contributed by atoms with Crippen LogP contribution in [-0.2, 0) is 20.4 Å². The van der Waals surface area contributed by atoms with E-state index in [-0.39, 0.29) is 28.1 Å². The maximum atomic E-state index is 12.9. The summed E-state index contributed by atoms with van der Waals surface area (Å²) in [4.78, 5) is 12.6. The van der Waals surface area contributed by atoms with E-state index >= 15 is 0 Å². The molecule has 1 amide bonds. The lowest BCUT2D eigenvalue weighted by molar-refractivity contribution is -0.113. The van der Waals surface area contributed by atoms with Gasteiger partial charge in [0.25, 0.3) is 0 Å². The van der Waals surface area contributed by atoms with Gasteiger partial charge < -0.3 is 5.32 Å². The molecule has 0 aliphatic rings. The Bertz CT molecular complexity index is 1290. The molecule has 0 spiro atoms. The molecular formula is C23H20N4O3S2. The van der Waals surface area contributed by atoms with Gasteiger partial charge in [0.1, 0.15) is 5.75 Å². The second-order valence-electron chi connectivity index (χ2n) is 6.84. The van der Waals surface area contributed by atoms with Gasteiger partial charge >= 0.3 is 0 Å². The van der Waals surface area contributed by atoms with E-state index < -0.39 is 9.84 Å². The number of aromatic nitrogens is 3. The topological polar surface area (TPSA) is 94.0 Å². The molecule has 162 valence electrons. The summed E-state index contributed by atoms with van der Waals surface area (Å²) in [5.74, 6) is -0.116. The number of carbonyl (C=O) groups is 1. The second-order valence-corrected chi connectivity index (χ2v) is 9.78. The summed E-state index contributed by atoms with van der Waals surface area (Å²) in [6, 6.07) is 26.7. The normalized spacial score (nSPS) is 11.2. The maximum absolute atomic E-state index is 12.9. The monoisotopic (exact) mass is 464 g/mol. The second kappa shape index (κ2) is 9.80. The summed E-state index contributed by atoms with van der Waals surface area (Å²) in [6.07, 6.45) is 0. The smallest absolute Gasteiger partial charge is 0.234 e. The van der Waals surface area contributed by atoms with Crippen molar-refractivity contribution >= 4 is 33.2 Å². The highest BCUT2D eigenvalue weighted by molar-refractivity contribution is 7.99. The van der Waals surface area contributed by atoms with Crippen LogP contribution in [0, 0.1) is 0 Å². The van der Waals surface area contributed by atoms with Gasteiger partial charge in [-0.3, -0.25) is 9.36 Å². The largest absolute Gasteiger partial charge is 0.325 e. The summed E-state index contributed by atoms with van der Waals surface area (Å²) < 4.78 is 27.5. The van der Waals surface area contributed by atoms with Crippen LogP contribution >= 0.6 is 11.8 Å². The molecule has 3 aromatic carbocycles. The lowest BCUT2D eigenvalue weighted by atomic mass is 10.3. The molecular weight excluding hydrogens is 444 g/mol. The Morgan fingerprint density at radius 3 is 2.09 bits per heavy atom. The van der Waals surface area contributed by atoms with Crippen LogP contribution in [0.4, 0.5) is 5.69 Å². The van der Waals surface area contributed by atoms with Gasteiger partial charge in [-0.05, 0) is 36.4 Å². The molecule has 7 nitrogen and oxygen atoms in total. The number of nitrogens with one attached hydrogen (secondary N) is 1. The number of benzene rings is 3. The zero-order valence-electron chi connectivity index (χ0n) is 17.0. The van der Waals surface area contributed by atoms with Gasteiger partial charge in [-0.25, -0.2) is 8.42 Å². The molecule has 9 heteroatoms. The molecule has 4 rings (SSSR count). The third-order valence-electron chi connectivity index (χ3n) is 4.53. The molecule has 0 aliphatic carbocycles. The van der Waals surface area contributed by atoms with E-state index in [1.54, 1.807) is 34.9 Å². The fraction of sp³-hybridized carbons (Fsp3) is 0.0870. The van der Waals surface area contributed by atoms with E-state index in [1.165, 1.54) is 11.8 Å². The summed E-state index contributed by atoms with van der Waals surface area (Å²) in [5.41, 5.74) is 1.43. The van der Waals surface area contributed by atoms with Gasteiger partial charge in [-0.2, -0.15) is 0 Å². The lowest BCUT2D eigenvalue weighted by Crippen LogP contribution is -2.15. The predicted molar refractivity (Wildman–Crippen MR) is 124 cm³/mol. The Kier molecular flexibility index (Phi) is 6.67. The van der Waals surface area contributed by atoms with Gasteiger partial charge in [0.05, 0.1) is 10.6 Å². The van der Waals surface area contributed by atoms with Gasteiger partial charge in [-0.15, -0.1) is 10.2 Å². The number of hydrogen-bond donors (Lipinski definition) is 1. The van der Waals surface area contributed by atoms with Crippen LogP contribution < -0.4 is 5.32 Å². The minimum atomic E-state index is -3.61. The SMILES string of the molecule is O=C(CSc1nnc(CS(=O)(=O)c2ccccc2)n1-c1ccccc1)Nc1ccccc1. The third kappa shape index (κ3) is 5.24. The van der Waals surface area contributed by atoms with Crippen molar-refractivity contribution in [3.05, 3.63) is 96.8 Å². The Hall–Kier alpha value is -3.43. The summed E-state index contributed by atoms with van der Waals surface area (Å²) in [5, 5.41) is 11.6. The van der Waals surface area contributed by atoms with E-state index in [2.05, 4.69) is 15.5 Å². The Labute approximate surface area is 190 Å². The fourth-order valence-electron chi connectivity index (χ4n) is 3.05. The zero-order valence-corrected chi connectivity index (χ0v) is 18.6. The van der Waals surface area contributed by atoms with Gasteiger partial charge in [0.15, 0.2) is 20.8 Å². The van der Waals surface area contributed by atoms with Gasteiger partial charge in [0, 0.05) is 11.4 Å². The Balaban J connectivity index is 1.58. The molecule has 1 aromatic heterocycles. The van der Waals surface area contributed by atoms with Gasteiger partial charge in [0.2, 0.25) is 5.91 Å². The fourth-order valence-corrected chi connectivity index (χ4v) is 5.09. The summed E-state index contributed by atoms with van der Waals surface area (Å²) >= 11 is 1.19. The third-order valence-corrected chi connectivity index (χ3v) is 7.08. The highest BCUT2D eigenvalue weighted by atomic mass is 32.2. The standard InChI is InChI=1S/C23H20N4O3S2/c28-22(24-18-10-4-1-5-11-18)16-31-23-26-25-21(27(23)19-12-6-2-7-13-19)17-32(29,30)20-14-8-3-9-15-20/h1-15H,16-17H2,(H,24,28). The van der Waals surface area contributed by atoms with E-state index in [9.17, 15) is 13.2 Å². The average Bonchev–Trinajstić information content (AvgIpc) is 3.21. The van der Waals surface area contributed by atoms with E-state index in [0.717, 1.165) is 5.69 Å². The minimum absolute atomic E-state index is 0.102. The Morgan fingerprint density at radius 1 is 0.844 bits per heavy atom. The van der Waals surface area contributed by atoms with E-state index in [1.807, 2.05) is 60.7 Å². The quantitative estimate of drug-likeness (QED) is 0.397. The van der Waals surface area contributed by atoms with Crippen molar-refractivity contribution in [2.24, 2.45) is 0 Å². The number of para-hydroxylation sites is 2. The molecule has 0 saturated carbocycles. The first-order chi connectivity index (χ1) is 15.5. The molecule has 0 saturated heterocycles. The molecule has 1 N–H and O–H groups in total. The van der Waals surface area contributed by atoms with Crippen LogP contribution in [0.3, 0.4) is 0 Å². The van der Waals surface area contributed by atoms with Crippen LogP contribution in [0.25, 0.3) is 5.69 Å². The number of thioether (sulfide) groups is 1. The van der Waals surface area contributed by atoms with Crippen LogP contribution in [0.15, 0.2) is 101 Å². The van der Waals surface area contributed by atoms with Crippen molar-refractivity contribution in [1.82, 2.24) is 14.8 Å². The Morgan fingerprint density at radius 2 is 1.44 bits per heavy atom. The first kappa shape index (κ1) is 21.8. The highest BCUT2D eigenvalue weighted by Gasteiger charge is 2.22. The number of sulfone groups is 1. The molecule has 0 radical (unpaired) electrons. The van der Waals surface area contributed by atoms with E-state index in [4.69, 9.17) is 0 Å². The molecule has 0 unspecified atom stereocenters. The number of nitrogens with zero attached hydrogens (tertiary/aromatic N) is 3. The van der Waals surface area contributed by atoms with Crippen molar-refractivity contribution in [3.8, 4) is 5.69 Å². The number of hydrogen-bond acceptors (Lipinski definition) is 6. The molecule has 0 bridgehead atoms.